The predicted octanol–water partition coefficient (Wildman–Crippen LogP) is 1.82. The van der Waals surface area contributed by atoms with E-state index < -0.39 is 12.1 Å². The molecule has 2 rings (SSSR count). The van der Waals surface area contributed by atoms with Crippen LogP contribution in [0.5, 0.6) is 0 Å². The summed E-state index contributed by atoms with van der Waals surface area (Å²) in [6.45, 7) is 0.880. The van der Waals surface area contributed by atoms with Gasteiger partial charge in [-0.25, -0.2) is 4.79 Å². The minimum Gasteiger partial charge on any atom is -0.382 e. The fourth-order valence-electron chi connectivity index (χ4n) is 2.25. The van der Waals surface area contributed by atoms with Gasteiger partial charge in [-0.3, -0.25) is 4.79 Å². The molecule has 0 heterocycles. The average molecular weight is 341 g/mol. The SMILES string of the molecule is COC[C@@H](NC(=O)NCc1ccccc1)C(=O)NCc1ccccc1. The molecular formula is C19H23N3O3. The van der Waals surface area contributed by atoms with Gasteiger partial charge in [0.25, 0.3) is 0 Å². The molecule has 132 valence electrons. The summed E-state index contributed by atoms with van der Waals surface area (Å²) in [5.74, 6) is -0.291. The first-order valence-electron chi connectivity index (χ1n) is 8.08. The molecule has 6 nitrogen and oxygen atoms in total. The van der Waals surface area contributed by atoms with Gasteiger partial charge in [0.05, 0.1) is 6.61 Å². The molecule has 0 unspecified atom stereocenters. The fraction of sp³-hybridized carbons (Fsp3) is 0.263. The number of benzene rings is 2. The van der Waals surface area contributed by atoms with E-state index in [4.69, 9.17) is 4.74 Å². The zero-order valence-electron chi connectivity index (χ0n) is 14.2. The van der Waals surface area contributed by atoms with Gasteiger partial charge in [0.1, 0.15) is 6.04 Å². The molecular weight excluding hydrogens is 318 g/mol. The second-order valence-electron chi connectivity index (χ2n) is 5.52. The minimum absolute atomic E-state index is 0.0966. The molecule has 0 spiro atoms. The number of ether oxygens (including phenoxy) is 1. The quantitative estimate of drug-likeness (QED) is 0.685. The number of carbonyl (C=O) groups is 2. The molecule has 3 N–H and O–H groups in total. The first-order chi connectivity index (χ1) is 12.2. The van der Waals surface area contributed by atoms with E-state index in [0.29, 0.717) is 13.1 Å². The van der Waals surface area contributed by atoms with Crippen LogP contribution in [0.1, 0.15) is 11.1 Å². The van der Waals surface area contributed by atoms with E-state index in [0.717, 1.165) is 11.1 Å². The first-order valence-corrected chi connectivity index (χ1v) is 8.08. The minimum atomic E-state index is -0.760. The number of carbonyl (C=O) groups excluding carboxylic acids is 2. The van der Waals surface area contributed by atoms with E-state index in [1.54, 1.807) is 0 Å². The van der Waals surface area contributed by atoms with E-state index in [-0.39, 0.29) is 12.5 Å². The second kappa shape index (κ2) is 10.1. The summed E-state index contributed by atoms with van der Waals surface area (Å²) in [7, 11) is 1.49. The summed E-state index contributed by atoms with van der Waals surface area (Å²) >= 11 is 0. The van der Waals surface area contributed by atoms with E-state index in [2.05, 4.69) is 16.0 Å². The van der Waals surface area contributed by atoms with E-state index >= 15 is 0 Å². The Morgan fingerprint density at radius 2 is 1.40 bits per heavy atom. The van der Waals surface area contributed by atoms with Gasteiger partial charge >= 0.3 is 6.03 Å². The molecule has 6 heteroatoms. The van der Waals surface area contributed by atoms with E-state index in [9.17, 15) is 9.59 Å². The Kier molecular flexibility index (Phi) is 7.46. The van der Waals surface area contributed by atoms with Crippen molar-refractivity contribution in [2.24, 2.45) is 0 Å². The molecule has 2 aromatic carbocycles. The Hall–Kier alpha value is -2.86. The van der Waals surface area contributed by atoms with Crippen molar-refractivity contribution in [3.8, 4) is 0 Å². The molecule has 1 atom stereocenters. The van der Waals surface area contributed by atoms with Gasteiger partial charge in [-0.1, -0.05) is 60.7 Å². The maximum Gasteiger partial charge on any atom is 0.315 e. The summed E-state index contributed by atoms with van der Waals surface area (Å²) in [6, 6.07) is 17.9. The van der Waals surface area contributed by atoms with Crippen molar-refractivity contribution < 1.29 is 14.3 Å². The van der Waals surface area contributed by atoms with Crippen LogP contribution in [0, 0.1) is 0 Å². The van der Waals surface area contributed by atoms with Crippen LogP contribution >= 0.6 is 0 Å². The van der Waals surface area contributed by atoms with Crippen LogP contribution in [-0.4, -0.2) is 31.7 Å². The lowest BCUT2D eigenvalue weighted by Gasteiger charge is -2.18. The average Bonchev–Trinajstić information content (AvgIpc) is 2.66. The summed E-state index contributed by atoms with van der Waals surface area (Å²) < 4.78 is 5.04. The standard InChI is InChI=1S/C19H23N3O3/c1-25-14-17(18(23)20-12-15-8-4-2-5-9-15)22-19(24)21-13-16-10-6-3-7-11-16/h2-11,17H,12-14H2,1H3,(H,20,23)(H2,21,22,24)/t17-/m1/s1. The number of hydrogen-bond donors (Lipinski definition) is 3. The largest absolute Gasteiger partial charge is 0.382 e. The fourth-order valence-corrected chi connectivity index (χ4v) is 2.25. The van der Waals surface area contributed by atoms with Crippen LogP contribution in [0.4, 0.5) is 4.79 Å². The van der Waals surface area contributed by atoms with Crippen LogP contribution in [0.3, 0.4) is 0 Å². The molecule has 0 bridgehead atoms. The Morgan fingerprint density at radius 3 is 1.92 bits per heavy atom. The van der Waals surface area contributed by atoms with Crippen LogP contribution in [0.2, 0.25) is 0 Å². The molecule has 3 amide bonds. The molecule has 0 aliphatic heterocycles. The van der Waals surface area contributed by atoms with Crippen molar-refractivity contribution in [3.05, 3.63) is 71.8 Å². The maximum atomic E-state index is 12.3. The highest BCUT2D eigenvalue weighted by molar-refractivity contribution is 5.87. The lowest BCUT2D eigenvalue weighted by atomic mass is 10.2. The highest BCUT2D eigenvalue weighted by Gasteiger charge is 2.20. The summed E-state index contributed by atoms with van der Waals surface area (Å²) in [6.07, 6.45) is 0. The maximum absolute atomic E-state index is 12.3. The molecule has 0 aromatic heterocycles. The number of amides is 3. The van der Waals surface area contributed by atoms with Crippen LogP contribution < -0.4 is 16.0 Å². The van der Waals surface area contributed by atoms with Crippen molar-refractivity contribution in [1.29, 1.82) is 0 Å². The van der Waals surface area contributed by atoms with Crippen LogP contribution in [0.25, 0.3) is 0 Å². The van der Waals surface area contributed by atoms with Crippen molar-refractivity contribution in [2.45, 2.75) is 19.1 Å². The highest BCUT2D eigenvalue weighted by Crippen LogP contribution is 1.99. The second-order valence-corrected chi connectivity index (χ2v) is 5.52. The van der Waals surface area contributed by atoms with E-state index in [1.807, 2.05) is 60.7 Å². The third-order valence-electron chi connectivity index (χ3n) is 3.56. The third kappa shape index (κ3) is 6.64. The summed E-state index contributed by atoms with van der Waals surface area (Å²) in [4.78, 5) is 24.3. The summed E-state index contributed by atoms with van der Waals surface area (Å²) in [5.41, 5.74) is 1.97. The Bertz CT molecular complexity index is 662. The number of nitrogens with one attached hydrogen (secondary N) is 3. The van der Waals surface area contributed by atoms with Gasteiger partial charge in [-0.05, 0) is 11.1 Å². The number of hydrogen-bond acceptors (Lipinski definition) is 3. The molecule has 25 heavy (non-hydrogen) atoms. The van der Waals surface area contributed by atoms with Crippen molar-refractivity contribution in [3.63, 3.8) is 0 Å². The first kappa shape index (κ1) is 18.5. The molecule has 0 aliphatic carbocycles. The monoisotopic (exact) mass is 341 g/mol. The predicted molar refractivity (Wildman–Crippen MR) is 95.8 cm³/mol. The molecule has 0 saturated carbocycles. The van der Waals surface area contributed by atoms with Gasteiger partial charge < -0.3 is 20.7 Å². The normalized spacial score (nSPS) is 11.4. The molecule has 0 radical (unpaired) electrons. The van der Waals surface area contributed by atoms with E-state index in [1.165, 1.54) is 7.11 Å². The number of urea groups is 1. The highest BCUT2D eigenvalue weighted by atomic mass is 16.5. The zero-order chi connectivity index (χ0) is 17.9. The smallest absolute Gasteiger partial charge is 0.315 e. The summed E-state index contributed by atoms with van der Waals surface area (Å²) in [5, 5.41) is 8.17. The van der Waals surface area contributed by atoms with Gasteiger partial charge in [0.15, 0.2) is 0 Å². The van der Waals surface area contributed by atoms with Gasteiger partial charge in [0.2, 0.25) is 5.91 Å². The van der Waals surface area contributed by atoms with Crippen molar-refractivity contribution in [2.75, 3.05) is 13.7 Å². The zero-order valence-corrected chi connectivity index (χ0v) is 14.2. The Labute approximate surface area is 147 Å². The lowest BCUT2D eigenvalue weighted by molar-refractivity contribution is -0.124. The molecule has 0 saturated heterocycles. The number of methoxy groups -OCH3 is 1. The van der Waals surface area contributed by atoms with Crippen LogP contribution in [-0.2, 0) is 22.6 Å². The Balaban J connectivity index is 1.81. The van der Waals surface area contributed by atoms with Crippen molar-refractivity contribution >= 4 is 11.9 Å². The van der Waals surface area contributed by atoms with Gasteiger partial charge in [-0.15, -0.1) is 0 Å². The lowest BCUT2D eigenvalue weighted by Crippen LogP contribution is -2.51. The Morgan fingerprint density at radius 1 is 0.880 bits per heavy atom. The topological polar surface area (TPSA) is 79.5 Å². The molecule has 0 fully saturated rings. The van der Waals surface area contributed by atoms with Gasteiger partial charge in [0, 0.05) is 20.2 Å². The van der Waals surface area contributed by atoms with Crippen molar-refractivity contribution in [1.82, 2.24) is 16.0 Å². The number of rotatable bonds is 8. The van der Waals surface area contributed by atoms with Crippen LogP contribution in [0.15, 0.2) is 60.7 Å². The molecule has 2 aromatic rings. The van der Waals surface area contributed by atoms with Gasteiger partial charge in [-0.2, -0.15) is 0 Å². The third-order valence-corrected chi connectivity index (χ3v) is 3.56. The molecule has 0 aliphatic rings.